The van der Waals surface area contributed by atoms with Gasteiger partial charge in [-0.05, 0) is 60.2 Å². The molecule has 1 atom stereocenters. The van der Waals surface area contributed by atoms with Crippen LogP contribution in [0.1, 0.15) is 37.5 Å². The standard InChI is InChI=1S/C27H30N2O4S/c1-18-10-9-11-19(2)25(18)28-26(30)24-17-29(34(31,32)21-12-7-6-8-13-21)22-16-20(27(3,4)5)14-15-23(22)33-24/h6-16,24H,17H2,1-5H3,(H,28,30). The van der Waals surface area contributed by atoms with Gasteiger partial charge in [0, 0.05) is 5.69 Å². The molecule has 0 bridgehead atoms. The Bertz CT molecular complexity index is 1310. The van der Waals surface area contributed by atoms with E-state index in [-0.39, 0.29) is 16.9 Å². The van der Waals surface area contributed by atoms with Crippen molar-refractivity contribution in [2.24, 2.45) is 0 Å². The number of carbonyl (C=O) groups excluding carboxylic acids is 1. The molecule has 4 rings (SSSR count). The van der Waals surface area contributed by atoms with Gasteiger partial charge >= 0.3 is 0 Å². The summed E-state index contributed by atoms with van der Waals surface area (Å²) >= 11 is 0. The van der Waals surface area contributed by atoms with Crippen molar-refractivity contribution < 1.29 is 17.9 Å². The molecule has 1 amide bonds. The van der Waals surface area contributed by atoms with E-state index in [9.17, 15) is 13.2 Å². The summed E-state index contributed by atoms with van der Waals surface area (Å²) in [5.74, 6) is -0.0309. The number of aryl methyl sites for hydroxylation is 2. The van der Waals surface area contributed by atoms with Crippen LogP contribution in [-0.4, -0.2) is 27.0 Å². The summed E-state index contributed by atoms with van der Waals surface area (Å²) in [6.45, 7) is 9.90. The lowest BCUT2D eigenvalue weighted by atomic mass is 9.86. The molecule has 3 aromatic rings. The topological polar surface area (TPSA) is 75.7 Å². The van der Waals surface area contributed by atoms with Crippen LogP contribution in [0.4, 0.5) is 11.4 Å². The molecule has 0 spiro atoms. The number of carbonyl (C=O) groups is 1. The SMILES string of the molecule is Cc1cccc(C)c1NC(=O)C1CN(S(=O)(=O)c2ccccc2)c2cc(C(C)(C)C)ccc2O1. The highest BCUT2D eigenvalue weighted by Gasteiger charge is 2.38. The lowest BCUT2D eigenvalue weighted by molar-refractivity contribution is -0.122. The van der Waals surface area contributed by atoms with Crippen LogP contribution in [0.3, 0.4) is 0 Å². The van der Waals surface area contributed by atoms with E-state index in [0.29, 0.717) is 17.1 Å². The Kier molecular flexibility index (Phi) is 6.16. The monoisotopic (exact) mass is 478 g/mol. The van der Waals surface area contributed by atoms with E-state index >= 15 is 0 Å². The number of fused-ring (bicyclic) bond motifs is 1. The number of rotatable bonds is 4. The molecular formula is C27H30N2O4S. The minimum atomic E-state index is -3.92. The number of hydrogen-bond donors (Lipinski definition) is 1. The van der Waals surface area contributed by atoms with Gasteiger partial charge < -0.3 is 10.1 Å². The summed E-state index contributed by atoms with van der Waals surface area (Å²) in [4.78, 5) is 13.4. The molecule has 0 saturated heterocycles. The van der Waals surface area contributed by atoms with Crippen molar-refractivity contribution in [3.05, 3.63) is 83.4 Å². The number of hydrogen-bond acceptors (Lipinski definition) is 4. The highest BCUT2D eigenvalue weighted by atomic mass is 32.2. The number of amides is 1. The predicted octanol–water partition coefficient (Wildman–Crippen LogP) is 5.20. The van der Waals surface area contributed by atoms with Crippen molar-refractivity contribution in [2.75, 3.05) is 16.2 Å². The highest BCUT2D eigenvalue weighted by molar-refractivity contribution is 7.92. The Labute approximate surface area is 201 Å². The number of nitrogens with zero attached hydrogens (tertiary/aromatic N) is 1. The predicted molar refractivity (Wildman–Crippen MR) is 135 cm³/mol. The normalized spacial score (nSPS) is 15.9. The molecule has 1 N–H and O–H groups in total. The van der Waals surface area contributed by atoms with Gasteiger partial charge in [0.2, 0.25) is 0 Å². The van der Waals surface area contributed by atoms with E-state index in [1.807, 2.05) is 44.2 Å². The first-order valence-electron chi connectivity index (χ1n) is 11.2. The van der Waals surface area contributed by atoms with E-state index in [4.69, 9.17) is 4.74 Å². The summed E-state index contributed by atoms with van der Waals surface area (Å²) in [5, 5.41) is 2.94. The van der Waals surface area contributed by atoms with Gasteiger partial charge in [-0.2, -0.15) is 0 Å². The third-order valence-electron chi connectivity index (χ3n) is 6.05. The van der Waals surface area contributed by atoms with Crippen LogP contribution in [0, 0.1) is 13.8 Å². The van der Waals surface area contributed by atoms with Crippen LogP contribution in [0.15, 0.2) is 71.6 Å². The molecular weight excluding hydrogens is 448 g/mol. The molecule has 0 aliphatic carbocycles. The number of benzene rings is 3. The molecule has 0 radical (unpaired) electrons. The fourth-order valence-corrected chi connectivity index (χ4v) is 5.51. The number of sulfonamides is 1. The van der Waals surface area contributed by atoms with Gasteiger partial charge in [0.25, 0.3) is 15.9 Å². The Balaban J connectivity index is 1.76. The molecule has 1 unspecified atom stereocenters. The zero-order chi connectivity index (χ0) is 24.7. The molecule has 1 aliphatic rings. The maximum Gasteiger partial charge on any atom is 0.267 e. The van der Waals surface area contributed by atoms with E-state index < -0.39 is 22.0 Å². The van der Waals surface area contributed by atoms with Gasteiger partial charge in [-0.25, -0.2) is 8.42 Å². The first-order valence-corrected chi connectivity index (χ1v) is 12.7. The zero-order valence-corrected chi connectivity index (χ0v) is 20.9. The average Bonchev–Trinajstić information content (AvgIpc) is 2.80. The Hall–Kier alpha value is -3.32. The second kappa shape index (κ2) is 8.80. The molecule has 7 heteroatoms. The van der Waals surface area contributed by atoms with E-state index in [1.165, 1.54) is 4.31 Å². The molecule has 178 valence electrons. The third kappa shape index (κ3) is 4.53. The Morgan fingerprint density at radius 1 is 0.971 bits per heavy atom. The maximum absolute atomic E-state index is 13.7. The van der Waals surface area contributed by atoms with Crippen LogP contribution >= 0.6 is 0 Å². The fraction of sp³-hybridized carbons (Fsp3) is 0.296. The van der Waals surface area contributed by atoms with Crippen molar-refractivity contribution in [1.29, 1.82) is 0 Å². The average molecular weight is 479 g/mol. The van der Waals surface area contributed by atoms with Gasteiger partial charge in [-0.3, -0.25) is 9.10 Å². The molecule has 0 aromatic heterocycles. The van der Waals surface area contributed by atoms with Gasteiger partial charge in [0.05, 0.1) is 17.1 Å². The first-order chi connectivity index (χ1) is 16.0. The number of ether oxygens (including phenoxy) is 1. The number of anilines is 2. The lowest BCUT2D eigenvalue weighted by Gasteiger charge is -2.36. The van der Waals surface area contributed by atoms with Gasteiger partial charge in [-0.15, -0.1) is 0 Å². The second-order valence-electron chi connectivity index (χ2n) is 9.64. The minimum absolute atomic E-state index is 0.130. The summed E-state index contributed by atoms with van der Waals surface area (Å²) < 4.78 is 34.7. The quantitative estimate of drug-likeness (QED) is 0.560. The van der Waals surface area contributed by atoms with Crippen LogP contribution in [-0.2, 0) is 20.2 Å². The summed E-state index contributed by atoms with van der Waals surface area (Å²) in [5.41, 5.74) is 3.78. The smallest absolute Gasteiger partial charge is 0.267 e. The molecule has 3 aromatic carbocycles. The lowest BCUT2D eigenvalue weighted by Crippen LogP contribution is -2.49. The largest absolute Gasteiger partial charge is 0.476 e. The second-order valence-corrected chi connectivity index (χ2v) is 11.5. The fourth-order valence-electron chi connectivity index (χ4n) is 4.02. The van der Waals surface area contributed by atoms with E-state index in [0.717, 1.165) is 16.7 Å². The summed E-state index contributed by atoms with van der Waals surface area (Å²) in [6, 6.07) is 19.5. The van der Waals surface area contributed by atoms with Gasteiger partial charge in [0.1, 0.15) is 5.75 Å². The van der Waals surface area contributed by atoms with Gasteiger partial charge in [0.15, 0.2) is 6.10 Å². The Morgan fingerprint density at radius 2 is 1.62 bits per heavy atom. The van der Waals surface area contributed by atoms with E-state index in [1.54, 1.807) is 36.4 Å². The van der Waals surface area contributed by atoms with Crippen molar-refractivity contribution >= 4 is 27.3 Å². The molecule has 1 heterocycles. The van der Waals surface area contributed by atoms with Crippen LogP contribution in [0.2, 0.25) is 0 Å². The first kappa shape index (κ1) is 23.8. The maximum atomic E-state index is 13.7. The zero-order valence-electron chi connectivity index (χ0n) is 20.1. The van der Waals surface area contributed by atoms with Crippen LogP contribution in [0.5, 0.6) is 5.75 Å². The Morgan fingerprint density at radius 3 is 2.24 bits per heavy atom. The van der Waals surface area contributed by atoms with Crippen molar-refractivity contribution in [2.45, 2.75) is 51.0 Å². The van der Waals surface area contributed by atoms with E-state index in [2.05, 4.69) is 26.1 Å². The summed E-state index contributed by atoms with van der Waals surface area (Å²) in [6.07, 6.45) is -1.01. The third-order valence-corrected chi connectivity index (χ3v) is 7.84. The number of nitrogens with one attached hydrogen (secondary N) is 1. The van der Waals surface area contributed by atoms with Gasteiger partial charge in [-0.1, -0.05) is 63.2 Å². The van der Waals surface area contributed by atoms with Crippen LogP contribution < -0.4 is 14.4 Å². The minimum Gasteiger partial charge on any atom is -0.476 e. The molecule has 6 nitrogen and oxygen atoms in total. The molecule has 0 fully saturated rings. The summed E-state index contributed by atoms with van der Waals surface area (Å²) in [7, 11) is -3.92. The van der Waals surface area contributed by atoms with Crippen molar-refractivity contribution in [3.8, 4) is 5.75 Å². The highest BCUT2D eigenvalue weighted by Crippen LogP contribution is 2.40. The van der Waals surface area contributed by atoms with Crippen molar-refractivity contribution in [1.82, 2.24) is 0 Å². The molecule has 34 heavy (non-hydrogen) atoms. The molecule has 1 aliphatic heterocycles. The van der Waals surface area contributed by atoms with Crippen LogP contribution in [0.25, 0.3) is 0 Å². The number of para-hydroxylation sites is 1. The molecule has 0 saturated carbocycles. The van der Waals surface area contributed by atoms with Crippen molar-refractivity contribution in [3.63, 3.8) is 0 Å².